The van der Waals surface area contributed by atoms with Crippen LogP contribution in [0.5, 0.6) is 11.5 Å². The predicted molar refractivity (Wildman–Crippen MR) is 113 cm³/mol. The second kappa shape index (κ2) is 7.23. The van der Waals surface area contributed by atoms with Crippen LogP contribution in [-0.4, -0.2) is 24.5 Å². The molecule has 0 radical (unpaired) electrons. The molecule has 0 fully saturated rings. The first kappa shape index (κ1) is 18.3. The van der Waals surface area contributed by atoms with Gasteiger partial charge in [0.1, 0.15) is 22.7 Å². The number of aromatic nitrogens is 5. The molecule has 7 nitrogen and oxygen atoms in total. The highest BCUT2D eigenvalue weighted by atomic mass is 35.5. The van der Waals surface area contributed by atoms with Gasteiger partial charge in [-0.05, 0) is 36.4 Å². The highest BCUT2D eigenvalue weighted by molar-refractivity contribution is 6.29. The number of pyridine rings is 1. The van der Waals surface area contributed by atoms with Gasteiger partial charge in [0.15, 0.2) is 17.4 Å². The molecule has 0 saturated carbocycles. The van der Waals surface area contributed by atoms with E-state index in [2.05, 4.69) is 25.3 Å². The van der Waals surface area contributed by atoms with E-state index in [-0.39, 0.29) is 5.75 Å². The van der Waals surface area contributed by atoms with Crippen LogP contribution in [0.1, 0.15) is 0 Å². The minimum atomic E-state index is -0.523. The number of imidazole rings is 1. The summed E-state index contributed by atoms with van der Waals surface area (Å²) in [5.74, 6) is 0.507. The van der Waals surface area contributed by atoms with Gasteiger partial charge in [-0.2, -0.15) is 0 Å². The SMILES string of the molecule is Cn1cnc2cc(Oc3ccc(Nc4ncnc5ccc(Cl)nc45)cc3F)ccc21. The Morgan fingerprint density at radius 2 is 1.90 bits per heavy atom. The van der Waals surface area contributed by atoms with Gasteiger partial charge in [0, 0.05) is 24.9 Å². The molecule has 0 aliphatic rings. The van der Waals surface area contributed by atoms with Gasteiger partial charge in [-0.1, -0.05) is 11.6 Å². The first-order valence-electron chi connectivity index (χ1n) is 8.99. The number of nitrogens with one attached hydrogen (secondary N) is 1. The summed E-state index contributed by atoms with van der Waals surface area (Å²) in [4.78, 5) is 16.9. The molecule has 0 bridgehead atoms. The molecule has 0 unspecified atom stereocenters. The van der Waals surface area contributed by atoms with Gasteiger partial charge < -0.3 is 14.6 Å². The molecule has 148 valence electrons. The van der Waals surface area contributed by atoms with E-state index in [0.29, 0.717) is 33.4 Å². The third-order valence-electron chi connectivity index (χ3n) is 4.57. The molecule has 30 heavy (non-hydrogen) atoms. The standard InChI is InChI=1S/C21H14ClFN6O/c1-29-11-26-16-9-13(3-5-17(16)29)30-18-6-2-12(8-14(18)23)27-21-20-15(24-10-25-21)4-7-19(22)28-20/h2-11H,1H3,(H,24,25,27). The van der Waals surface area contributed by atoms with Crippen LogP contribution in [0.4, 0.5) is 15.9 Å². The van der Waals surface area contributed by atoms with Gasteiger partial charge >= 0.3 is 0 Å². The number of hydrogen-bond donors (Lipinski definition) is 1. The van der Waals surface area contributed by atoms with E-state index in [9.17, 15) is 4.39 Å². The smallest absolute Gasteiger partial charge is 0.167 e. The third-order valence-corrected chi connectivity index (χ3v) is 4.78. The minimum absolute atomic E-state index is 0.101. The van der Waals surface area contributed by atoms with Crippen LogP contribution in [0.2, 0.25) is 5.15 Å². The number of fused-ring (bicyclic) bond motifs is 2. The Hall–Kier alpha value is -3.78. The highest BCUT2D eigenvalue weighted by Crippen LogP contribution is 2.30. The number of anilines is 2. The molecule has 0 atom stereocenters. The van der Waals surface area contributed by atoms with E-state index in [1.165, 1.54) is 12.4 Å². The van der Waals surface area contributed by atoms with E-state index in [0.717, 1.165) is 11.0 Å². The van der Waals surface area contributed by atoms with Gasteiger partial charge in [0.25, 0.3) is 0 Å². The van der Waals surface area contributed by atoms with Gasteiger partial charge in [-0.3, -0.25) is 0 Å². The number of halogens is 2. The Kier molecular flexibility index (Phi) is 4.40. The number of rotatable bonds is 4. The molecule has 0 spiro atoms. The lowest BCUT2D eigenvalue weighted by Crippen LogP contribution is -1.98. The molecular formula is C21H14ClFN6O. The number of benzene rings is 2. The van der Waals surface area contributed by atoms with Crippen molar-refractivity contribution in [3.8, 4) is 11.5 Å². The second-order valence-corrected chi connectivity index (χ2v) is 6.99. The van der Waals surface area contributed by atoms with Crippen LogP contribution >= 0.6 is 11.6 Å². The Balaban J connectivity index is 1.41. The molecule has 5 rings (SSSR count). The highest BCUT2D eigenvalue weighted by Gasteiger charge is 2.11. The number of nitrogens with zero attached hydrogens (tertiary/aromatic N) is 5. The summed E-state index contributed by atoms with van der Waals surface area (Å²) >= 11 is 5.98. The quantitative estimate of drug-likeness (QED) is 0.400. The van der Waals surface area contributed by atoms with Crippen LogP contribution in [0, 0.1) is 5.82 Å². The molecule has 0 amide bonds. The average Bonchev–Trinajstić information content (AvgIpc) is 3.11. The normalized spacial score (nSPS) is 11.2. The molecule has 1 N–H and O–H groups in total. The lowest BCUT2D eigenvalue weighted by atomic mass is 10.2. The number of ether oxygens (including phenoxy) is 1. The molecule has 9 heteroatoms. The number of aryl methyl sites for hydroxylation is 1. The second-order valence-electron chi connectivity index (χ2n) is 6.60. The van der Waals surface area contributed by atoms with Crippen LogP contribution in [0.15, 0.2) is 61.2 Å². The van der Waals surface area contributed by atoms with Crippen molar-refractivity contribution in [1.82, 2.24) is 24.5 Å². The zero-order chi connectivity index (χ0) is 20.7. The summed E-state index contributed by atoms with van der Waals surface area (Å²) in [5, 5.41) is 3.37. The molecule has 0 saturated heterocycles. The van der Waals surface area contributed by atoms with Crippen molar-refractivity contribution in [2.24, 2.45) is 7.05 Å². The molecule has 0 aliphatic carbocycles. The molecule has 3 heterocycles. The minimum Gasteiger partial charge on any atom is -0.454 e. The Labute approximate surface area is 175 Å². The fraction of sp³-hybridized carbons (Fsp3) is 0.0476. The van der Waals surface area contributed by atoms with Crippen molar-refractivity contribution >= 4 is 45.2 Å². The average molecular weight is 421 g/mol. The van der Waals surface area contributed by atoms with Crippen LogP contribution in [0.25, 0.3) is 22.1 Å². The largest absolute Gasteiger partial charge is 0.454 e. The summed E-state index contributed by atoms with van der Waals surface area (Å²) in [5.41, 5.74) is 3.35. The molecule has 3 aromatic heterocycles. The van der Waals surface area contributed by atoms with Gasteiger partial charge in [0.2, 0.25) is 0 Å². The fourth-order valence-electron chi connectivity index (χ4n) is 3.11. The molecule has 0 aliphatic heterocycles. The summed E-state index contributed by atoms with van der Waals surface area (Å²) < 4.78 is 22.3. The van der Waals surface area contributed by atoms with E-state index in [4.69, 9.17) is 16.3 Å². The van der Waals surface area contributed by atoms with E-state index in [1.54, 1.807) is 42.7 Å². The Morgan fingerprint density at radius 3 is 2.77 bits per heavy atom. The van der Waals surface area contributed by atoms with E-state index < -0.39 is 5.82 Å². The molecular weight excluding hydrogens is 407 g/mol. The van der Waals surface area contributed by atoms with Crippen LogP contribution < -0.4 is 10.1 Å². The third kappa shape index (κ3) is 3.37. The Bertz CT molecular complexity index is 1400. The Morgan fingerprint density at radius 1 is 1.00 bits per heavy atom. The summed E-state index contributed by atoms with van der Waals surface area (Å²) in [6.07, 6.45) is 3.12. The fourth-order valence-corrected chi connectivity index (χ4v) is 3.26. The van der Waals surface area contributed by atoms with Crippen LogP contribution in [0.3, 0.4) is 0 Å². The maximum atomic E-state index is 14.7. The molecule has 2 aromatic carbocycles. The lowest BCUT2D eigenvalue weighted by Gasteiger charge is -2.11. The van der Waals surface area contributed by atoms with E-state index >= 15 is 0 Å². The predicted octanol–water partition coefficient (Wildman–Crippen LogP) is 5.24. The van der Waals surface area contributed by atoms with Gasteiger partial charge in [-0.25, -0.2) is 24.3 Å². The maximum Gasteiger partial charge on any atom is 0.167 e. The van der Waals surface area contributed by atoms with E-state index in [1.807, 2.05) is 17.7 Å². The number of hydrogen-bond acceptors (Lipinski definition) is 6. The summed E-state index contributed by atoms with van der Waals surface area (Å²) in [7, 11) is 1.91. The zero-order valence-corrected chi connectivity index (χ0v) is 16.4. The van der Waals surface area contributed by atoms with Crippen molar-refractivity contribution in [3.63, 3.8) is 0 Å². The molecule has 5 aromatic rings. The van der Waals surface area contributed by atoms with Crippen molar-refractivity contribution in [3.05, 3.63) is 72.2 Å². The zero-order valence-electron chi connectivity index (χ0n) is 15.7. The van der Waals surface area contributed by atoms with Crippen molar-refractivity contribution in [1.29, 1.82) is 0 Å². The van der Waals surface area contributed by atoms with Crippen molar-refractivity contribution in [2.45, 2.75) is 0 Å². The topological polar surface area (TPSA) is 77.8 Å². The van der Waals surface area contributed by atoms with Crippen LogP contribution in [-0.2, 0) is 7.05 Å². The maximum absolute atomic E-state index is 14.7. The van der Waals surface area contributed by atoms with Gasteiger partial charge in [0.05, 0.1) is 22.9 Å². The monoisotopic (exact) mass is 420 g/mol. The summed E-state index contributed by atoms with van der Waals surface area (Å²) in [6.45, 7) is 0. The van der Waals surface area contributed by atoms with Gasteiger partial charge in [-0.15, -0.1) is 0 Å². The summed E-state index contributed by atoms with van der Waals surface area (Å²) in [6, 6.07) is 13.4. The van der Waals surface area contributed by atoms with Crippen molar-refractivity contribution in [2.75, 3.05) is 5.32 Å². The first-order chi connectivity index (χ1) is 14.6. The first-order valence-corrected chi connectivity index (χ1v) is 9.37. The van der Waals surface area contributed by atoms with Crippen molar-refractivity contribution < 1.29 is 9.13 Å². The lowest BCUT2D eigenvalue weighted by molar-refractivity contribution is 0.443.